The highest BCUT2D eigenvalue weighted by Gasteiger charge is 2.36. The second kappa shape index (κ2) is 11.8. The van der Waals surface area contributed by atoms with Crippen LogP contribution >= 0.6 is 11.3 Å². The Bertz CT molecular complexity index is 1820. The minimum atomic E-state index is -4.17. The molecule has 43 heavy (non-hydrogen) atoms. The maximum absolute atomic E-state index is 13.8. The summed E-state index contributed by atoms with van der Waals surface area (Å²) in [5, 5.41) is 4.86. The van der Waals surface area contributed by atoms with Gasteiger partial charge in [-0.15, -0.1) is 11.3 Å². The first-order chi connectivity index (χ1) is 20.8. The number of thiophene rings is 1. The highest BCUT2D eigenvalue weighted by Crippen LogP contribution is 2.40. The number of nitrogens with zero attached hydrogens (tertiary/aromatic N) is 2. The second-order valence-corrected chi connectivity index (χ2v) is 13.4. The Hall–Kier alpha value is -4.29. The topological polar surface area (TPSA) is 119 Å². The Morgan fingerprint density at radius 3 is 2.63 bits per heavy atom. The molecule has 10 nitrogen and oxygen atoms in total. The van der Waals surface area contributed by atoms with Gasteiger partial charge in [-0.05, 0) is 60.2 Å². The quantitative estimate of drug-likeness (QED) is 0.287. The number of ether oxygens (including phenoxy) is 2. The minimum absolute atomic E-state index is 0.000695. The summed E-state index contributed by atoms with van der Waals surface area (Å²) < 4.78 is 42.9. The molecule has 4 aromatic rings. The number of rotatable bonds is 9. The largest absolute Gasteiger partial charge is 0.497 e. The summed E-state index contributed by atoms with van der Waals surface area (Å²) in [4.78, 5) is 28.8. The molecule has 2 aliphatic heterocycles. The van der Waals surface area contributed by atoms with Crippen LogP contribution in [-0.4, -0.2) is 46.2 Å². The number of pyridine rings is 1. The van der Waals surface area contributed by atoms with Gasteiger partial charge in [0.1, 0.15) is 16.4 Å². The molecule has 12 heteroatoms. The van der Waals surface area contributed by atoms with E-state index in [1.807, 2.05) is 28.1 Å². The third-order valence-electron chi connectivity index (χ3n) is 7.99. The van der Waals surface area contributed by atoms with E-state index in [0.717, 1.165) is 17.0 Å². The summed E-state index contributed by atoms with van der Waals surface area (Å²) in [5.41, 5.74) is 2.24. The van der Waals surface area contributed by atoms with E-state index in [1.165, 1.54) is 26.4 Å². The van der Waals surface area contributed by atoms with E-state index in [1.54, 1.807) is 47.7 Å². The number of anilines is 2. The van der Waals surface area contributed by atoms with E-state index in [0.29, 0.717) is 43.2 Å². The molecular formula is C31H32N4O6S2. The number of aromatic nitrogens is 1. The monoisotopic (exact) mass is 620 g/mol. The fourth-order valence-corrected chi connectivity index (χ4v) is 7.90. The molecule has 2 N–H and O–H groups in total. The smallest absolute Gasteiger partial charge is 0.265 e. The van der Waals surface area contributed by atoms with Gasteiger partial charge in [-0.25, -0.2) is 8.42 Å². The van der Waals surface area contributed by atoms with Gasteiger partial charge in [-0.2, -0.15) is 0 Å². The first kappa shape index (κ1) is 28.8. The SMILES string of the molecule is COc1ccc(OC)c(S(=O)(=O)Nc2cc(C(=O)NCc3cccs3)ccc2N2CC3CC(C2)c2cccc(=O)n2C3)c1. The second-order valence-electron chi connectivity index (χ2n) is 10.7. The van der Waals surface area contributed by atoms with Gasteiger partial charge in [-0.1, -0.05) is 12.1 Å². The molecule has 1 amide bonds. The molecule has 4 heterocycles. The zero-order valence-electron chi connectivity index (χ0n) is 23.8. The van der Waals surface area contributed by atoms with Crippen LogP contribution in [0.1, 0.15) is 33.3 Å². The van der Waals surface area contributed by atoms with Crippen molar-refractivity contribution in [3.63, 3.8) is 0 Å². The third kappa shape index (κ3) is 5.84. The van der Waals surface area contributed by atoms with E-state index in [2.05, 4.69) is 14.9 Å². The van der Waals surface area contributed by atoms with Crippen LogP contribution in [0.25, 0.3) is 0 Å². The van der Waals surface area contributed by atoms with Crippen molar-refractivity contribution in [3.8, 4) is 11.5 Å². The van der Waals surface area contributed by atoms with E-state index in [-0.39, 0.29) is 39.6 Å². The molecule has 2 aromatic heterocycles. The lowest BCUT2D eigenvalue weighted by Crippen LogP contribution is -2.47. The predicted octanol–water partition coefficient (Wildman–Crippen LogP) is 4.28. The van der Waals surface area contributed by atoms with Crippen LogP contribution in [0.4, 0.5) is 11.4 Å². The normalized spacial score (nSPS) is 17.6. The molecule has 2 bridgehead atoms. The number of piperidine rings is 1. The lowest BCUT2D eigenvalue weighted by atomic mass is 9.83. The fraction of sp³-hybridized carbons (Fsp3) is 0.290. The molecule has 224 valence electrons. The molecule has 1 fully saturated rings. The zero-order chi connectivity index (χ0) is 30.1. The van der Waals surface area contributed by atoms with Crippen LogP contribution in [0.15, 0.2) is 81.8 Å². The average molecular weight is 621 g/mol. The summed E-state index contributed by atoms with van der Waals surface area (Å²) in [7, 11) is -1.31. The summed E-state index contributed by atoms with van der Waals surface area (Å²) in [6.45, 7) is 2.21. The molecule has 0 aliphatic carbocycles. The summed E-state index contributed by atoms with van der Waals surface area (Å²) >= 11 is 1.54. The van der Waals surface area contributed by atoms with Gasteiger partial charge >= 0.3 is 0 Å². The molecule has 2 unspecified atom stereocenters. The predicted molar refractivity (Wildman–Crippen MR) is 166 cm³/mol. The molecular weight excluding hydrogens is 588 g/mol. The fourth-order valence-electron chi connectivity index (χ4n) is 6.00. The number of carbonyl (C=O) groups is 1. The number of hydrogen-bond donors (Lipinski definition) is 2. The number of benzene rings is 2. The number of sulfonamides is 1. The number of fused-ring (bicyclic) bond motifs is 4. The molecule has 2 atom stereocenters. The Labute approximate surface area is 253 Å². The van der Waals surface area contributed by atoms with Gasteiger partial charge < -0.3 is 24.3 Å². The standard InChI is InChI=1S/C31H32N4O6S2/c1-40-23-9-11-28(41-2)29(15-23)43(38,39)33-25-14-21(31(37)32-16-24-5-4-12-42-24)8-10-27(25)34-17-20-13-22(19-34)26-6-3-7-30(36)35(26)18-20/h3-12,14-15,20,22,33H,13,16-19H2,1-2H3,(H,32,37). The van der Waals surface area contributed by atoms with Crippen LogP contribution < -0.4 is 30.0 Å². The average Bonchev–Trinajstić information content (AvgIpc) is 3.53. The number of amides is 1. The van der Waals surface area contributed by atoms with Crippen molar-refractivity contribution in [2.45, 2.75) is 30.3 Å². The number of methoxy groups -OCH3 is 2. The van der Waals surface area contributed by atoms with E-state index in [4.69, 9.17) is 9.47 Å². The van der Waals surface area contributed by atoms with Crippen molar-refractivity contribution in [2.75, 3.05) is 36.9 Å². The van der Waals surface area contributed by atoms with Gasteiger partial charge in [0.2, 0.25) is 0 Å². The Morgan fingerprint density at radius 2 is 1.86 bits per heavy atom. The summed E-state index contributed by atoms with van der Waals surface area (Å²) in [6, 6.07) is 18.9. The van der Waals surface area contributed by atoms with Crippen molar-refractivity contribution in [1.29, 1.82) is 0 Å². The van der Waals surface area contributed by atoms with Crippen LogP contribution in [0.2, 0.25) is 0 Å². The first-order valence-electron chi connectivity index (χ1n) is 13.9. The van der Waals surface area contributed by atoms with E-state index in [9.17, 15) is 18.0 Å². The van der Waals surface area contributed by atoms with Crippen LogP contribution in [0.3, 0.4) is 0 Å². The number of hydrogen-bond acceptors (Lipinski definition) is 8. The van der Waals surface area contributed by atoms with Crippen LogP contribution in [0.5, 0.6) is 11.5 Å². The highest BCUT2D eigenvalue weighted by molar-refractivity contribution is 7.92. The summed E-state index contributed by atoms with van der Waals surface area (Å²) in [6.07, 6.45) is 0.950. The van der Waals surface area contributed by atoms with Gasteiger partial charge in [0, 0.05) is 53.8 Å². The van der Waals surface area contributed by atoms with Crippen LogP contribution in [0, 0.1) is 5.92 Å². The van der Waals surface area contributed by atoms with Crippen molar-refractivity contribution in [1.82, 2.24) is 9.88 Å². The van der Waals surface area contributed by atoms with E-state index >= 15 is 0 Å². The molecule has 2 aromatic carbocycles. The lowest BCUT2D eigenvalue weighted by Gasteiger charge is -2.44. The third-order valence-corrected chi connectivity index (χ3v) is 10.3. The van der Waals surface area contributed by atoms with Gasteiger partial charge in [0.05, 0.1) is 32.1 Å². The molecule has 2 aliphatic rings. The molecule has 0 radical (unpaired) electrons. The van der Waals surface area contributed by atoms with Crippen molar-refractivity contribution in [2.24, 2.45) is 5.92 Å². The summed E-state index contributed by atoms with van der Waals surface area (Å²) in [5.74, 6) is 0.527. The first-order valence-corrected chi connectivity index (χ1v) is 16.3. The highest BCUT2D eigenvalue weighted by atomic mass is 32.2. The van der Waals surface area contributed by atoms with Crippen molar-refractivity contribution < 1.29 is 22.7 Å². The maximum Gasteiger partial charge on any atom is 0.265 e. The van der Waals surface area contributed by atoms with Gasteiger partial charge in [0.25, 0.3) is 21.5 Å². The van der Waals surface area contributed by atoms with Gasteiger partial charge in [-0.3, -0.25) is 14.3 Å². The van der Waals surface area contributed by atoms with Gasteiger partial charge in [0.15, 0.2) is 0 Å². The zero-order valence-corrected chi connectivity index (χ0v) is 25.4. The van der Waals surface area contributed by atoms with Crippen LogP contribution in [-0.2, 0) is 23.1 Å². The minimum Gasteiger partial charge on any atom is -0.497 e. The Balaban J connectivity index is 1.36. The maximum atomic E-state index is 13.8. The lowest BCUT2D eigenvalue weighted by molar-refractivity contribution is 0.0951. The Kier molecular flexibility index (Phi) is 7.89. The molecule has 0 spiro atoms. The number of nitrogens with one attached hydrogen (secondary N) is 2. The van der Waals surface area contributed by atoms with E-state index < -0.39 is 10.0 Å². The van der Waals surface area contributed by atoms with Crippen molar-refractivity contribution in [3.05, 3.63) is 98.6 Å². The molecule has 6 rings (SSSR count). The number of carbonyl (C=O) groups excluding carboxylic acids is 1. The molecule has 1 saturated heterocycles. The van der Waals surface area contributed by atoms with Crippen molar-refractivity contribution >= 4 is 38.6 Å². The Morgan fingerprint density at radius 1 is 1.00 bits per heavy atom. The molecule has 0 saturated carbocycles.